The fourth-order valence-electron chi connectivity index (χ4n) is 4.56. The molecule has 1 aromatic heterocycles. The van der Waals surface area contributed by atoms with Crippen molar-refractivity contribution in [3.05, 3.63) is 35.4 Å². The number of likely N-dealkylation sites (tertiary alicyclic amines) is 1. The summed E-state index contributed by atoms with van der Waals surface area (Å²) in [6, 6.07) is 7.55. The summed E-state index contributed by atoms with van der Waals surface area (Å²) >= 11 is 0. The van der Waals surface area contributed by atoms with Crippen molar-refractivity contribution < 1.29 is 9.90 Å². The third-order valence-corrected chi connectivity index (χ3v) is 6.50. The van der Waals surface area contributed by atoms with Crippen molar-refractivity contribution in [2.24, 2.45) is 11.7 Å². The molecular weight excluding hydrogens is 380 g/mol. The van der Waals surface area contributed by atoms with Crippen LogP contribution in [0.2, 0.25) is 0 Å². The van der Waals surface area contributed by atoms with Gasteiger partial charge in [0.05, 0.1) is 0 Å². The van der Waals surface area contributed by atoms with E-state index in [4.69, 9.17) is 5.73 Å². The third-order valence-electron chi connectivity index (χ3n) is 6.50. The van der Waals surface area contributed by atoms with Crippen LogP contribution in [0, 0.1) is 5.92 Å². The molecular formula is C22H32N6O2. The molecule has 0 saturated carbocycles. The number of amides is 1. The molecule has 2 fully saturated rings. The standard InChI is InChI=1S/C22H32N6O2/c1-15-6-10-27(11-7-15)17-8-12-28(13-9-17)22-19(20(23)30)21(25-26-22)24-14-16-2-4-18(29)5-3-16/h2-5,15,17,29H,6-14H2,1H3,(H2,23,30)(H2,24,25,26). The van der Waals surface area contributed by atoms with E-state index in [0.29, 0.717) is 29.8 Å². The first-order valence-electron chi connectivity index (χ1n) is 10.9. The predicted molar refractivity (Wildman–Crippen MR) is 118 cm³/mol. The summed E-state index contributed by atoms with van der Waals surface area (Å²) in [6.45, 7) is 6.99. The van der Waals surface area contributed by atoms with Gasteiger partial charge in [-0.3, -0.25) is 9.89 Å². The summed E-state index contributed by atoms with van der Waals surface area (Å²) in [4.78, 5) is 17.0. The number of H-pyrrole nitrogens is 1. The minimum absolute atomic E-state index is 0.225. The molecule has 0 atom stereocenters. The van der Waals surface area contributed by atoms with Crippen LogP contribution in [0.1, 0.15) is 48.5 Å². The number of hydrogen-bond donors (Lipinski definition) is 4. The van der Waals surface area contributed by atoms with E-state index in [2.05, 4.69) is 32.2 Å². The number of anilines is 2. The van der Waals surface area contributed by atoms with Crippen molar-refractivity contribution in [3.8, 4) is 5.75 Å². The van der Waals surface area contributed by atoms with E-state index in [1.807, 2.05) is 12.1 Å². The molecule has 2 saturated heterocycles. The Morgan fingerprint density at radius 2 is 1.83 bits per heavy atom. The number of piperidine rings is 2. The Kier molecular flexibility index (Phi) is 6.13. The van der Waals surface area contributed by atoms with Crippen LogP contribution < -0.4 is 16.0 Å². The molecule has 2 aliphatic rings. The van der Waals surface area contributed by atoms with Gasteiger partial charge in [0.15, 0.2) is 5.82 Å². The molecule has 162 valence electrons. The maximum absolute atomic E-state index is 12.2. The van der Waals surface area contributed by atoms with Crippen LogP contribution in [0.15, 0.2) is 24.3 Å². The number of nitrogens with two attached hydrogens (primary N) is 1. The van der Waals surface area contributed by atoms with Crippen molar-refractivity contribution in [1.82, 2.24) is 15.1 Å². The molecule has 0 bridgehead atoms. The van der Waals surface area contributed by atoms with Gasteiger partial charge in [0.2, 0.25) is 0 Å². The molecule has 30 heavy (non-hydrogen) atoms. The van der Waals surface area contributed by atoms with Crippen molar-refractivity contribution in [2.75, 3.05) is 36.4 Å². The van der Waals surface area contributed by atoms with Crippen LogP contribution in [0.3, 0.4) is 0 Å². The first-order valence-corrected chi connectivity index (χ1v) is 10.9. The molecule has 5 N–H and O–H groups in total. The number of aromatic amines is 1. The first-order chi connectivity index (χ1) is 14.5. The smallest absolute Gasteiger partial charge is 0.256 e. The number of aromatic hydroxyl groups is 1. The van der Waals surface area contributed by atoms with Gasteiger partial charge in [0.1, 0.15) is 17.1 Å². The maximum Gasteiger partial charge on any atom is 0.256 e. The lowest BCUT2D eigenvalue weighted by Gasteiger charge is -2.41. The Hall–Kier alpha value is -2.74. The Labute approximate surface area is 177 Å². The van der Waals surface area contributed by atoms with E-state index >= 15 is 0 Å². The molecule has 0 radical (unpaired) electrons. The number of aromatic nitrogens is 2. The molecule has 3 heterocycles. The minimum Gasteiger partial charge on any atom is -0.508 e. The zero-order valence-electron chi connectivity index (χ0n) is 17.6. The molecule has 8 heteroatoms. The molecule has 0 aliphatic carbocycles. The first kappa shape index (κ1) is 20.5. The predicted octanol–water partition coefficient (Wildman–Crippen LogP) is 2.53. The number of nitrogens with one attached hydrogen (secondary N) is 2. The molecule has 0 spiro atoms. The van der Waals surface area contributed by atoms with Crippen molar-refractivity contribution >= 4 is 17.5 Å². The number of carbonyl (C=O) groups is 1. The van der Waals surface area contributed by atoms with Crippen LogP contribution in [0.5, 0.6) is 5.75 Å². The summed E-state index contributed by atoms with van der Waals surface area (Å²) < 4.78 is 0. The van der Waals surface area contributed by atoms with Gasteiger partial charge in [-0.1, -0.05) is 19.1 Å². The summed E-state index contributed by atoms with van der Waals surface area (Å²) in [6.07, 6.45) is 4.74. The number of phenols is 1. The topological polar surface area (TPSA) is 111 Å². The fourth-order valence-corrected chi connectivity index (χ4v) is 4.56. The second-order valence-corrected chi connectivity index (χ2v) is 8.62. The van der Waals surface area contributed by atoms with E-state index in [0.717, 1.165) is 37.4 Å². The average molecular weight is 413 g/mol. The summed E-state index contributed by atoms with van der Waals surface area (Å²) in [5.41, 5.74) is 7.10. The molecule has 0 unspecified atom stereocenters. The molecule has 1 amide bonds. The number of primary amides is 1. The lowest BCUT2D eigenvalue weighted by atomic mass is 9.95. The summed E-state index contributed by atoms with van der Waals surface area (Å²) in [7, 11) is 0. The van der Waals surface area contributed by atoms with Gasteiger partial charge in [0.25, 0.3) is 5.91 Å². The zero-order chi connectivity index (χ0) is 21.1. The van der Waals surface area contributed by atoms with Gasteiger partial charge in [-0.2, -0.15) is 5.10 Å². The van der Waals surface area contributed by atoms with Crippen LogP contribution >= 0.6 is 0 Å². The van der Waals surface area contributed by atoms with Crippen molar-refractivity contribution in [1.29, 1.82) is 0 Å². The van der Waals surface area contributed by atoms with Crippen molar-refractivity contribution in [3.63, 3.8) is 0 Å². The Morgan fingerprint density at radius 3 is 2.47 bits per heavy atom. The fraction of sp³-hybridized carbons (Fsp3) is 0.545. The Bertz CT molecular complexity index is 849. The second-order valence-electron chi connectivity index (χ2n) is 8.62. The lowest BCUT2D eigenvalue weighted by Crippen LogP contribution is -2.48. The lowest BCUT2D eigenvalue weighted by molar-refractivity contribution is 0.100. The van der Waals surface area contributed by atoms with Gasteiger partial charge in [-0.25, -0.2) is 0 Å². The summed E-state index contributed by atoms with van der Waals surface area (Å²) in [5, 5.41) is 20.0. The highest BCUT2D eigenvalue weighted by molar-refractivity contribution is 6.02. The normalized spacial score (nSPS) is 19.2. The molecule has 4 rings (SSSR count). The van der Waals surface area contributed by atoms with Gasteiger partial charge < -0.3 is 26.0 Å². The van der Waals surface area contributed by atoms with E-state index in [-0.39, 0.29) is 5.75 Å². The molecule has 2 aliphatic heterocycles. The van der Waals surface area contributed by atoms with Gasteiger partial charge >= 0.3 is 0 Å². The number of carbonyl (C=O) groups excluding carboxylic acids is 1. The molecule has 8 nitrogen and oxygen atoms in total. The highest BCUT2D eigenvalue weighted by Crippen LogP contribution is 2.29. The zero-order valence-corrected chi connectivity index (χ0v) is 17.6. The van der Waals surface area contributed by atoms with Crippen LogP contribution in [0.25, 0.3) is 0 Å². The second kappa shape index (κ2) is 8.95. The number of hydrogen-bond acceptors (Lipinski definition) is 6. The third kappa shape index (κ3) is 4.53. The highest BCUT2D eigenvalue weighted by atomic mass is 16.3. The average Bonchev–Trinajstić information content (AvgIpc) is 3.18. The Morgan fingerprint density at radius 1 is 1.17 bits per heavy atom. The molecule has 1 aromatic carbocycles. The van der Waals surface area contributed by atoms with Gasteiger partial charge in [0, 0.05) is 25.7 Å². The maximum atomic E-state index is 12.2. The quantitative estimate of drug-likeness (QED) is 0.580. The Balaban J connectivity index is 1.39. The van der Waals surface area contributed by atoms with E-state index in [1.54, 1.807) is 12.1 Å². The largest absolute Gasteiger partial charge is 0.508 e. The minimum atomic E-state index is -0.487. The number of benzene rings is 1. The number of nitrogens with zero attached hydrogens (tertiary/aromatic N) is 3. The van der Waals surface area contributed by atoms with E-state index in [1.165, 1.54) is 25.9 Å². The van der Waals surface area contributed by atoms with E-state index < -0.39 is 5.91 Å². The number of rotatable bonds is 6. The monoisotopic (exact) mass is 412 g/mol. The highest BCUT2D eigenvalue weighted by Gasteiger charge is 2.30. The van der Waals surface area contributed by atoms with E-state index in [9.17, 15) is 9.90 Å². The van der Waals surface area contributed by atoms with Crippen LogP contribution in [-0.4, -0.2) is 58.3 Å². The van der Waals surface area contributed by atoms with Crippen LogP contribution in [0.4, 0.5) is 11.6 Å². The van der Waals surface area contributed by atoms with Gasteiger partial charge in [-0.05, 0) is 62.4 Å². The van der Waals surface area contributed by atoms with Crippen molar-refractivity contribution in [2.45, 2.75) is 45.2 Å². The number of phenolic OH excluding ortho intramolecular Hbond substituents is 1. The SMILES string of the molecule is CC1CCN(C2CCN(c3n[nH]c(NCc4ccc(O)cc4)c3C(N)=O)CC2)CC1. The molecule has 2 aromatic rings. The van der Waals surface area contributed by atoms with Crippen LogP contribution in [-0.2, 0) is 6.54 Å². The summed E-state index contributed by atoms with van der Waals surface area (Å²) in [5.74, 6) is 1.76. The van der Waals surface area contributed by atoms with Gasteiger partial charge in [-0.15, -0.1) is 0 Å².